The monoisotopic (exact) mass is 359 g/mol. The highest BCUT2D eigenvalue weighted by molar-refractivity contribution is 6.53. The topological polar surface area (TPSA) is 47.6 Å². The first kappa shape index (κ1) is 18.2. The fourth-order valence-electron chi connectivity index (χ4n) is 2.42. The molecule has 1 N–H and O–H groups in total. The molecule has 1 aromatic rings. The largest absolute Gasteiger partial charge is 0.490 e. The minimum Gasteiger partial charge on any atom is -0.490 e. The highest BCUT2D eigenvalue weighted by Gasteiger charge is 2.67. The van der Waals surface area contributed by atoms with Crippen LogP contribution in [0.15, 0.2) is 18.2 Å². The predicted molar refractivity (Wildman–Crippen MR) is 92.5 cm³/mol. The highest BCUT2D eigenvalue weighted by atomic mass is 35.5. The van der Waals surface area contributed by atoms with Crippen molar-refractivity contribution < 1.29 is 14.3 Å². The van der Waals surface area contributed by atoms with Crippen LogP contribution in [0.1, 0.15) is 45.7 Å². The molecular weight excluding hydrogens is 337 g/mol. The first-order valence-electron chi connectivity index (χ1n) is 7.83. The molecule has 0 radical (unpaired) electrons. The molecule has 1 amide bonds. The Hall–Kier alpha value is -1.13. The Morgan fingerprint density at radius 1 is 1.26 bits per heavy atom. The van der Waals surface area contributed by atoms with E-state index in [1.807, 2.05) is 39.0 Å². The van der Waals surface area contributed by atoms with Crippen LogP contribution in [0.2, 0.25) is 0 Å². The number of nitrogens with one attached hydrogen (secondary N) is 1. The molecule has 4 nitrogen and oxygen atoms in total. The van der Waals surface area contributed by atoms with Crippen LogP contribution in [0.4, 0.5) is 0 Å². The average Bonchev–Trinajstić information content (AvgIpc) is 3.01. The molecule has 0 aromatic heterocycles. The van der Waals surface area contributed by atoms with Crippen LogP contribution in [0.25, 0.3) is 0 Å². The average molecular weight is 360 g/mol. The summed E-state index contributed by atoms with van der Waals surface area (Å²) < 4.78 is 10.2. The molecule has 1 fully saturated rings. The fraction of sp³-hybridized carbons (Fsp3) is 0.588. The molecule has 2 rings (SSSR count). The molecule has 1 aliphatic rings. The van der Waals surface area contributed by atoms with E-state index >= 15 is 0 Å². The lowest BCUT2D eigenvalue weighted by Crippen LogP contribution is -2.35. The molecule has 6 heteroatoms. The Morgan fingerprint density at radius 2 is 1.83 bits per heavy atom. The standard InChI is InChI=1S/C17H23Cl2NO3/c1-5-22-13-8-7-12(9-14(13)23-6-2)11(3)20-15(21)16(4)10-17(16,18)19/h7-9,11H,5-6,10H2,1-4H3,(H,20,21). The first-order valence-corrected chi connectivity index (χ1v) is 8.59. The number of amides is 1. The molecule has 128 valence electrons. The SMILES string of the molecule is CCOc1ccc(C(C)NC(=O)C2(C)CC2(Cl)Cl)cc1OCC. The summed E-state index contributed by atoms with van der Waals surface area (Å²) in [7, 11) is 0. The van der Waals surface area contributed by atoms with Crippen molar-refractivity contribution in [3.8, 4) is 11.5 Å². The van der Waals surface area contributed by atoms with Crippen molar-refractivity contribution in [1.29, 1.82) is 0 Å². The summed E-state index contributed by atoms with van der Waals surface area (Å²) in [4.78, 5) is 12.4. The number of ether oxygens (including phenoxy) is 2. The van der Waals surface area contributed by atoms with Gasteiger partial charge in [0, 0.05) is 0 Å². The molecule has 0 saturated heterocycles. The number of carbonyl (C=O) groups is 1. The summed E-state index contributed by atoms with van der Waals surface area (Å²) in [5.74, 6) is 1.24. The second-order valence-electron chi connectivity index (χ2n) is 5.98. The van der Waals surface area contributed by atoms with Gasteiger partial charge in [0.05, 0.1) is 24.7 Å². The lowest BCUT2D eigenvalue weighted by molar-refractivity contribution is -0.126. The molecule has 1 aliphatic carbocycles. The van der Waals surface area contributed by atoms with Gasteiger partial charge < -0.3 is 14.8 Å². The lowest BCUT2D eigenvalue weighted by Gasteiger charge is -2.20. The van der Waals surface area contributed by atoms with Gasteiger partial charge in [-0.15, -0.1) is 23.2 Å². The van der Waals surface area contributed by atoms with E-state index in [-0.39, 0.29) is 11.9 Å². The van der Waals surface area contributed by atoms with Crippen molar-refractivity contribution in [2.24, 2.45) is 5.41 Å². The van der Waals surface area contributed by atoms with Gasteiger partial charge in [0.25, 0.3) is 0 Å². The van der Waals surface area contributed by atoms with Gasteiger partial charge in [-0.25, -0.2) is 0 Å². The summed E-state index contributed by atoms with van der Waals surface area (Å²) in [6.07, 6.45) is 0.467. The van der Waals surface area contributed by atoms with Gasteiger partial charge in [-0.3, -0.25) is 4.79 Å². The van der Waals surface area contributed by atoms with Crippen LogP contribution < -0.4 is 14.8 Å². The summed E-state index contributed by atoms with van der Waals surface area (Å²) in [6, 6.07) is 5.49. The molecule has 2 unspecified atom stereocenters. The smallest absolute Gasteiger partial charge is 0.229 e. The minimum absolute atomic E-state index is 0.137. The van der Waals surface area contributed by atoms with Crippen molar-refractivity contribution in [3.05, 3.63) is 23.8 Å². The number of rotatable bonds is 7. The van der Waals surface area contributed by atoms with Gasteiger partial charge in [-0.05, 0) is 51.8 Å². The number of hydrogen-bond donors (Lipinski definition) is 1. The molecule has 2 atom stereocenters. The van der Waals surface area contributed by atoms with E-state index in [4.69, 9.17) is 32.7 Å². The van der Waals surface area contributed by atoms with E-state index in [0.29, 0.717) is 31.1 Å². The van der Waals surface area contributed by atoms with Gasteiger partial charge in [0.2, 0.25) is 5.91 Å². The van der Waals surface area contributed by atoms with Crippen LogP contribution in [0, 0.1) is 5.41 Å². The third-order valence-electron chi connectivity index (χ3n) is 4.17. The molecule has 23 heavy (non-hydrogen) atoms. The summed E-state index contributed by atoms with van der Waals surface area (Å²) in [5.41, 5.74) is 0.211. The van der Waals surface area contributed by atoms with Crippen molar-refractivity contribution >= 4 is 29.1 Å². The van der Waals surface area contributed by atoms with E-state index in [1.54, 1.807) is 6.92 Å². The van der Waals surface area contributed by atoms with E-state index < -0.39 is 9.75 Å². The van der Waals surface area contributed by atoms with Crippen molar-refractivity contribution in [2.75, 3.05) is 13.2 Å². The zero-order valence-corrected chi connectivity index (χ0v) is 15.4. The Morgan fingerprint density at radius 3 is 2.35 bits per heavy atom. The van der Waals surface area contributed by atoms with E-state index in [9.17, 15) is 4.79 Å². The number of alkyl halides is 2. The zero-order chi connectivity index (χ0) is 17.3. The second-order valence-corrected chi connectivity index (χ2v) is 7.46. The minimum atomic E-state index is -0.966. The maximum atomic E-state index is 12.4. The predicted octanol–water partition coefficient (Wildman–Crippen LogP) is 4.25. The molecule has 0 bridgehead atoms. The highest BCUT2D eigenvalue weighted by Crippen LogP contribution is 2.63. The summed E-state index contributed by atoms with van der Waals surface area (Å²) in [6.45, 7) is 8.65. The number of carbonyl (C=O) groups excluding carboxylic acids is 1. The van der Waals surface area contributed by atoms with Crippen molar-refractivity contribution in [2.45, 2.75) is 44.5 Å². The Bertz CT molecular complexity index is 591. The van der Waals surface area contributed by atoms with Crippen molar-refractivity contribution in [1.82, 2.24) is 5.32 Å². The molecule has 1 aromatic carbocycles. The van der Waals surface area contributed by atoms with Crippen LogP contribution in [0.3, 0.4) is 0 Å². The normalized spacial score (nSPS) is 23.0. The molecule has 0 aliphatic heterocycles. The number of benzene rings is 1. The third kappa shape index (κ3) is 3.69. The Labute approximate surface area is 147 Å². The van der Waals surface area contributed by atoms with Gasteiger partial charge in [-0.1, -0.05) is 6.07 Å². The molecule has 0 spiro atoms. The van der Waals surface area contributed by atoms with Crippen LogP contribution in [-0.4, -0.2) is 23.5 Å². The third-order valence-corrected chi connectivity index (χ3v) is 5.28. The maximum absolute atomic E-state index is 12.4. The fourth-order valence-corrected chi connectivity index (χ4v) is 3.13. The zero-order valence-electron chi connectivity index (χ0n) is 13.9. The number of hydrogen-bond acceptors (Lipinski definition) is 3. The molecular formula is C17H23Cl2NO3. The van der Waals surface area contributed by atoms with Crippen LogP contribution in [-0.2, 0) is 4.79 Å². The van der Waals surface area contributed by atoms with Gasteiger partial charge in [0.1, 0.15) is 4.33 Å². The second kappa shape index (κ2) is 6.78. The Kier molecular flexibility index (Phi) is 5.37. The van der Waals surface area contributed by atoms with Gasteiger partial charge >= 0.3 is 0 Å². The van der Waals surface area contributed by atoms with Crippen molar-refractivity contribution in [3.63, 3.8) is 0 Å². The van der Waals surface area contributed by atoms with E-state index in [2.05, 4.69) is 5.32 Å². The number of halogens is 2. The summed E-state index contributed by atoms with van der Waals surface area (Å²) in [5, 5.41) is 2.97. The van der Waals surface area contributed by atoms with E-state index in [1.165, 1.54) is 0 Å². The molecule has 0 heterocycles. The van der Waals surface area contributed by atoms with Crippen LogP contribution >= 0.6 is 23.2 Å². The lowest BCUT2D eigenvalue weighted by atomic mass is 10.0. The maximum Gasteiger partial charge on any atom is 0.229 e. The Balaban J connectivity index is 2.11. The molecule has 1 saturated carbocycles. The quantitative estimate of drug-likeness (QED) is 0.740. The van der Waals surface area contributed by atoms with Gasteiger partial charge in [-0.2, -0.15) is 0 Å². The van der Waals surface area contributed by atoms with Crippen LogP contribution in [0.5, 0.6) is 11.5 Å². The summed E-state index contributed by atoms with van der Waals surface area (Å²) >= 11 is 12.1. The van der Waals surface area contributed by atoms with E-state index in [0.717, 1.165) is 5.56 Å². The van der Waals surface area contributed by atoms with Gasteiger partial charge in [0.15, 0.2) is 11.5 Å². The first-order chi connectivity index (χ1) is 10.7.